The van der Waals surface area contributed by atoms with Crippen molar-refractivity contribution in [1.82, 2.24) is 20.9 Å². The molecule has 1 aliphatic heterocycles. The van der Waals surface area contributed by atoms with Crippen LogP contribution in [0.4, 0.5) is 4.79 Å². The second-order valence-corrected chi connectivity index (χ2v) is 8.88. The first kappa shape index (κ1) is 28.7. The van der Waals surface area contributed by atoms with Crippen molar-refractivity contribution in [2.45, 2.75) is 72.1 Å². The molecule has 0 radical (unpaired) electrons. The van der Waals surface area contributed by atoms with E-state index in [1.165, 1.54) is 0 Å². The number of nitrogens with zero attached hydrogens (tertiary/aromatic N) is 2. The molecule has 1 aliphatic rings. The van der Waals surface area contributed by atoms with E-state index in [-0.39, 0.29) is 47.9 Å². The van der Waals surface area contributed by atoms with Gasteiger partial charge < -0.3 is 26.4 Å². The molecule has 5 N–H and O–H groups in total. The SMILES string of the molecule is CCNC(=NCC(NC(=O)OC(C)(C)C)C(C)C)NC1CCN(CC(N)=O)CC1.I. The highest BCUT2D eigenvalue weighted by atomic mass is 127. The summed E-state index contributed by atoms with van der Waals surface area (Å²) in [6, 6.07) is 0.158. The van der Waals surface area contributed by atoms with E-state index in [1.807, 2.05) is 41.5 Å². The Morgan fingerprint density at radius 3 is 2.30 bits per heavy atom. The Hall–Kier alpha value is -1.30. The first-order valence-corrected chi connectivity index (χ1v) is 10.5. The van der Waals surface area contributed by atoms with E-state index in [0.717, 1.165) is 38.4 Å². The maximum Gasteiger partial charge on any atom is 0.407 e. The van der Waals surface area contributed by atoms with Gasteiger partial charge in [0.25, 0.3) is 0 Å². The van der Waals surface area contributed by atoms with Crippen LogP contribution in [0.2, 0.25) is 0 Å². The normalized spacial score (nSPS) is 17.1. The van der Waals surface area contributed by atoms with Gasteiger partial charge in [-0.25, -0.2) is 4.79 Å². The number of aliphatic imine (C=N–C) groups is 1. The van der Waals surface area contributed by atoms with Crippen molar-refractivity contribution in [2.75, 3.05) is 32.7 Å². The molecule has 9 nitrogen and oxygen atoms in total. The molecule has 0 aromatic carbocycles. The maximum absolute atomic E-state index is 12.1. The molecule has 1 saturated heterocycles. The molecule has 0 bridgehead atoms. The van der Waals surface area contributed by atoms with Gasteiger partial charge in [0.15, 0.2) is 5.96 Å². The number of guanidine groups is 1. The molecule has 0 aromatic heterocycles. The van der Waals surface area contributed by atoms with Crippen LogP contribution < -0.4 is 21.7 Å². The number of primary amides is 1. The van der Waals surface area contributed by atoms with Crippen molar-refractivity contribution in [3.63, 3.8) is 0 Å². The lowest BCUT2D eigenvalue weighted by atomic mass is 10.0. The third kappa shape index (κ3) is 12.4. The molecule has 176 valence electrons. The van der Waals surface area contributed by atoms with Crippen LogP contribution in [0.25, 0.3) is 0 Å². The van der Waals surface area contributed by atoms with Crippen LogP contribution in [0.1, 0.15) is 54.4 Å². The summed E-state index contributed by atoms with van der Waals surface area (Å²) in [7, 11) is 0. The van der Waals surface area contributed by atoms with Gasteiger partial charge in [-0.15, -0.1) is 24.0 Å². The summed E-state index contributed by atoms with van der Waals surface area (Å²) in [6.07, 6.45) is 1.41. The van der Waals surface area contributed by atoms with E-state index in [4.69, 9.17) is 10.5 Å². The molecule has 1 atom stereocenters. The Kier molecular flexibility index (Phi) is 13.3. The lowest BCUT2D eigenvalue weighted by molar-refractivity contribution is -0.119. The lowest BCUT2D eigenvalue weighted by Gasteiger charge is -2.32. The molecule has 0 spiro atoms. The predicted molar refractivity (Wildman–Crippen MR) is 131 cm³/mol. The fraction of sp³-hybridized carbons (Fsp3) is 0.850. The van der Waals surface area contributed by atoms with E-state index < -0.39 is 11.7 Å². The van der Waals surface area contributed by atoms with Crippen LogP contribution in [0, 0.1) is 5.92 Å². The Bertz CT molecular complexity index is 557. The highest BCUT2D eigenvalue weighted by molar-refractivity contribution is 14.0. The molecule has 2 amide bonds. The number of amides is 2. The molecule has 1 heterocycles. The summed E-state index contributed by atoms with van der Waals surface area (Å²) >= 11 is 0. The minimum Gasteiger partial charge on any atom is -0.444 e. The molecule has 1 fully saturated rings. The number of likely N-dealkylation sites (tertiary alicyclic amines) is 1. The van der Waals surface area contributed by atoms with Crippen LogP contribution in [-0.2, 0) is 9.53 Å². The lowest BCUT2D eigenvalue weighted by Crippen LogP contribution is -2.50. The monoisotopic (exact) mass is 540 g/mol. The topological polar surface area (TPSA) is 121 Å². The maximum atomic E-state index is 12.1. The number of carbonyl (C=O) groups excluding carboxylic acids is 2. The second-order valence-electron chi connectivity index (χ2n) is 8.88. The van der Waals surface area contributed by atoms with Crippen LogP contribution in [0.15, 0.2) is 4.99 Å². The number of piperidine rings is 1. The van der Waals surface area contributed by atoms with Gasteiger partial charge in [-0.2, -0.15) is 0 Å². The number of hydrogen-bond acceptors (Lipinski definition) is 5. The largest absolute Gasteiger partial charge is 0.444 e. The van der Waals surface area contributed by atoms with Crippen LogP contribution in [0.3, 0.4) is 0 Å². The zero-order valence-electron chi connectivity index (χ0n) is 19.3. The van der Waals surface area contributed by atoms with Crippen molar-refractivity contribution in [3.05, 3.63) is 0 Å². The minimum absolute atomic E-state index is 0. The van der Waals surface area contributed by atoms with Gasteiger partial charge >= 0.3 is 6.09 Å². The predicted octanol–water partition coefficient (Wildman–Crippen LogP) is 1.66. The Balaban J connectivity index is 0.00000841. The van der Waals surface area contributed by atoms with Crippen molar-refractivity contribution in [2.24, 2.45) is 16.6 Å². The van der Waals surface area contributed by atoms with Crippen molar-refractivity contribution >= 4 is 41.9 Å². The number of rotatable bonds is 8. The molecule has 1 rings (SSSR count). The van der Waals surface area contributed by atoms with Gasteiger partial charge in [-0.1, -0.05) is 13.8 Å². The third-order valence-corrected chi connectivity index (χ3v) is 4.61. The molecular formula is C20H41IN6O3. The summed E-state index contributed by atoms with van der Waals surface area (Å²) in [5.74, 6) is 0.659. The van der Waals surface area contributed by atoms with Crippen LogP contribution in [-0.4, -0.2) is 73.3 Å². The Morgan fingerprint density at radius 2 is 1.83 bits per heavy atom. The quantitative estimate of drug-likeness (QED) is 0.211. The van der Waals surface area contributed by atoms with Crippen LogP contribution >= 0.6 is 24.0 Å². The number of hydrogen-bond donors (Lipinski definition) is 4. The summed E-state index contributed by atoms with van der Waals surface area (Å²) < 4.78 is 5.36. The Labute approximate surface area is 198 Å². The Morgan fingerprint density at radius 1 is 1.23 bits per heavy atom. The summed E-state index contributed by atoms with van der Waals surface area (Å²) in [6.45, 7) is 14.8. The first-order valence-electron chi connectivity index (χ1n) is 10.5. The van der Waals surface area contributed by atoms with Crippen LogP contribution in [0.5, 0.6) is 0 Å². The molecule has 1 unspecified atom stereocenters. The molecular weight excluding hydrogens is 499 g/mol. The zero-order chi connectivity index (χ0) is 22.0. The smallest absolute Gasteiger partial charge is 0.407 e. The van der Waals surface area contributed by atoms with E-state index >= 15 is 0 Å². The summed E-state index contributed by atoms with van der Waals surface area (Å²) in [5.41, 5.74) is 4.74. The van der Waals surface area contributed by atoms with Crippen molar-refractivity contribution in [3.8, 4) is 0 Å². The highest BCUT2D eigenvalue weighted by Crippen LogP contribution is 2.11. The van der Waals surface area contributed by atoms with E-state index in [2.05, 4.69) is 25.8 Å². The van der Waals surface area contributed by atoms with E-state index in [0.29, 0.717) is 13.1 Å². The molecule has 0 saturated carbocycles. The van der Waals surface area contributed by atoms with Gasteiger partial charge in [0.1, 0.15) is 5.60 Å². The van der Waals surface area contributed by atoms with Gasteiger partial charge in [0, 0.05) is 25.7 Å². The highest BCUT2D eigenvalue weighted by Gasteiger charge is 2.23. The second kappa shape index (κ2) is 13.9. The van der Waals surface area contributed by atoms with Gasteiger partial charge in [-0.05, 0) is 46.5 Å². The number of alkyl carbamates (subject to hydrolysis) is 1. The van der Waals surface area contributed by atoms with Gasteiger partial charge in [-0.3, -0.25) is 14.7 Å². The average Bonchev–Trinajstić information content (AvgIpc) is 2.58. The summed E-state index contributed by atoms with van der Waals surface area (Å²) in [4.78, 5) is 29.9. The molecule has 10 heteroatoms. The average molecular weight is 540 g/mol. The number of ether oxygens (including phenoxy) is 1. The number of nitrogens with one attached hydrogen (secondary N) is 3. The van der Waals surface area contributed by atoms with Crippen molar-refractivity contribution in [1.29, 1.82) is 0 Å². The number of carbonyl (C=O) groups is 2. The number of halogens is 1. The fourth-order valence-electron chi connectivity index (χ4n) is 3.04. The fourth-order valence-corrected chi connectivity index (χ4v) is 3.04. The van der Waals surface area contributed by atoms with Gasteiger partial charge in [0.05, 0.1) is 19.1 Å². The van der Waals surface area contributed by atoms with Crippen molar-refractivity contribution < 1.29 is 14.3 Å². The standard InChI is InChI=1S/C20H40N6O3.HI/c1-7-22-18(24-15-8-10-26(11-9-15)13-17(21)27)23-12-16(14(2)3)25-19(28)29-20(4,5)6;/h14-16H,7-13H2,1-6H3,(H2,21,27)(H,25,28)(H2,22,23,24);1H. The first-order chi connectivity index (χ1) is 13.5. The molecule has 0 aromatic rings. The molecule has 0 aliphatic carbocycles. The van der Waals surface area contributed by atoms with E-state index in [1.54, 1.807) is 0 Å². The minimum atomic E-state index is -0.533. The third-order valence-electron chi connectivity index (χ3n) is 4.61. The van der Waals surface area contributed by atoms with Gasteiger partial charge in [0.2, 0.25) is 5.91 Å². The zero-order valence-corrected chi connectivity index (χ0v) is 21.6. The number of nitrogens with two attached hydrogens (primary N) is 1. The molecule has 30 heavy (non-hydrogen) atoms. The van der Waals surface area contributed by atoms with E-state index in [9.17, 15) is 9.59 Å². The summed E-state index contributed by atoms with van der Waals surface area (Å²) in [5, 5.41) is 9.66.